The van der Waals surface area contributed by atoms with Crippen molar-refractivity contribution in [1.82, 2.24) is 5.32 Å². The van der Waals surface area contributed by atoms with Crippen molar-refractivity contribution < 1.29 is 22.2 Å². The molecule has 0 aliphatic carbocycles. The van der Waals surface area contributed by atoms with Crippen molar-refractivity contribution in [2.75, 3.05) is 4.90 Å². The number of amides is 2. The first-order chi connectivity index (χ1) is 14.3. The van der Waals surface area contributed by atoms with Gasteiger partial charge >= 0.3 is 12.2 Å². The van der Waals surface area contributed by atoms with Crippen LogP contribution in [0.3, 0.4) is 0 Å². The van der Waals surface area contributed by atoms with Gasteiger partial charge in [-0.3, -0.25) is 4.90 Å². The van der Waals surface area contributed by atoms with Gasteiger partial charge in [0.1, 0.15) is 0 Å². The molecule has 0 bridgehead atoms. The van der Waals surface area contributed by atoms with Crippen molar-refractivity contribution in [2.24, 2.45) is 0 Å². The number of hydrogen-bond donors (Lipinski definition) is 1. The van der Waals surface area contributed by atoms with Crippen LogP contribution in [-0.4, -0.2) is 10.2 Å². The lowest BCUT2D eigenvalue weighted by molar-refractivity contribution is -0.137. The van der Waals surface area contributed by atoms with Crippen molar-refractivity contribution in [2.45, 2.75) is 19.1 Å². The van der Waals surface area contributed by atoms with E-state index in [0.717, 1.165) is 17.0 Å². The van der Waals surface area contributed by atoms with Crippen molar-refractivity contribution >= 4 is 24.3 Å². The predicted molar refractivity (Wildman–Crippen MR) is 103 cm³/mol. The second-order valence-corrected chi connectivity index (χ2v) is 6.11. The average molecular weight is 430 g/mol. The number of nitrogens with zero attached hydrogens (tertiary/aromatic N) is 3. The van der Waals surface area contributed by atoms with Gasteiger partial charge in [-0.15, -0.1) is 0 Å². The number of benzene rings is 2. The Bertz CT molecular complexity index is 1070. The molecule has 3 rings (SSSR count). The zero-order chi connectivity index (χ0) is 22.5. The van der Waals surface area contributed by atoms with Gasteiger partial charge in [0.2, 0.25) is 0 Å². The van der Waals surface area contributed by atoms with E-state index < -0.39 is 23.8 Å². The molecule has 2 amide bonds. The first-order valence-electron chi connectivity index (χ1n) is 8.31. The summed E-state index contributed by atoms with van der Waals surface area (Å²) in [6.45, 7) is 1.51. The van der Waals surface area contributed by atoms with Crippen LogP contribution < -0.4 is 10.2 Å². The Morgan fingerprint density at radius 1 is 1.07 bits per heavy atom. The zero-order valence-electron chi connectivity index (χ0n) is 15.4. The number of carbonyl (C=O) groups excluding carboxylic acids is 1. The molecule has 152 valence electrons. The smallest absolute Gasteiger partial charge is 0.326 e. The number of carbonyl (C=O) groups is 1. The number of nitriles is 2. The summed E-state index contributed by atoms with van der Waals surface area (Å²) in [5.41, 5.74) is 0.568. The molecule has 0 spiro atoms. The number of urea groups is 1. The minimum atomic E-state index is -4.55. The molecule has 0 saturated carbocycles. The normalized spacial score (nSPS) is 16.0. The lowest BCUT2D eigenvalue weighted by atomic mass is 9.95. The fourth-order valence-corrected chi connectivity index (χ4v) is 3.02. The second-order valence-electron chi connectivity index (χ2n) is 6.11. The maximum Gasteiger partial charge on any atom is 0.416 e. The summed E-state index contributed by atoms with van der Waals surface area (Å²) < 4.78 is 46.9. The maximum absolute atomic E-state index is 13.0. The summed E-state index contributed by atoms with van der Waals surface area (Å²) in [5.74, 6) is 0. The third-order valence-corrected chi connectivity index (χ3v) is 4.41. The Labute approximate surface area is 175 Å². The van der Waals surface area contributed by atoms with Crippen LogP contribution in [0.5, 0.6) is 0 Å². The Morgan fingerprint density at radius 2 is 1.70 bits per heavy atom. The van der Waals surface area contributed by atoms with Gasteiger partial charge in [-0.05, 0) is 42.8 Å². The summed E-state index contributed by atoms with van der Waals surface area (Å²) in [4.78, 5) is 13.7. The van der Waals surface area contributed by atoms with Gasteiger partial charge in [0, 0.05) is 5.70 Å². The van der Waals surface area contributed by atoms with Gasteiger partial charge in [0.25, 0.3) is 0 Å². The summed E-state index contributed by atoms with van der Waals surface area (Å²) in [6.07, 6.45) is -4.55. The molecule has 1 aliphatic heterocycles. The van der Waals surface area contributed by atoms with Crippen molar-refractivity contribution in [3.63, 3.8) is 0 Å². The molecule has 0 unspecified atom stereocenters. The van der Waals surface area contributed by atoms with Crippen LogP contribution in [0.4, 0.5) is 23.7 Å². The number of rotatable bonds is 2. The minimum absolute atomic E-state index is 0.0100. The zero-order valence-corrected chi connectivity index (χ0v) is 16.2. The number of alkyl halides is 3. The number of halogens is 3. The number of allylic oxidation sites excluding steroid dienone is 1. The van der Waals surface area contributed by atoms with Crippen LogP contribution in [0, 0.1) is 22.7 Å². The molecule has 1 aliphatic rings. The highest BCUT2D eigenvalue weighted by Crippen LogP contribution is 2.36. The monoisotopic (exact) mass is 430 g/mol. The van der Waals surface area contributed by atoms with Gasteiger partial charge in [0.15, 0.2) is 12.5 Å². The fourth-order valence-electron chi connectivity index (χ4n) is 3.02. The Morgan fingerprint density at radius 3 is 2.23 bits per heavy atom. The highest BCUT2D eigenvalue weighted by Gasteiger charge is 2.35. The predicted octanol–water partition coefficient (Wildman–Crippen LogP) is 4.31. The van der Waals surface area contributed by atoms with E-state index in [4.69, 9.17) is 9.47 Å². The molecule has 30 heavy (non-hydrogen) atoms. The molecule has 10 heteroatoms. The molecule has 6 nitrogen and oxygen atoms in total. The van der Waals surface area contributed by atoms with E-state index in [1.165, 1.54) is 19.1 Å². The lowest BCUT2D eigenvalue weighted by Crippen LogP contribution is -2.46. The third kappa shape index (κ3) is 4.45. The second kappa shape index (κ2) is 9.16. The number of nitrogens with one attached hydrogen (secondary N) is 1. The molecule has 0 fully saturated rings. The van der Waals surface area contributed by atoms with E-state index in [2.05, 4.69) is 17.9 Å². The van der Waals surface area contributed by atoms with E-state index in [1.54, 1.807) is 24.3 Å². The summed E-state index contributed by atoms with van der Waals surface area (Å²) in [5, 5.41) is 21.2. The maximum atomic E-state index is 13.0. The van der Waals surface area contributed by atoms with Crippen LogP contribution in [0.15, 0.2) is 59.8 Å². The summed E-state index contributed by atoms with van der Waals surface area (Å²) >= 11 is 2.83. The molecule has 0 saturated heterocycles. The van der Waals surface area contributed by atoms with Gasteiger partial charge in [-0.1, -0.05) is 18.2 Å². The first-order valence-corrected chi connectivity index (χ1v) is 8.65. The third-order valence-electron chi connectivity index (χ3n) is 4.41. The van der Waals surface area contributed by atoms with Crippen molar-refractivity contribution in [1.29, 1.82) is 10.5 Å². The van der Waals surface area contributed by atoms with Crippen LogP contribution in [0.25, 0.3) is 0 Å². The van der Waals surface area contributed by atoms with E-state index in [0.29, 0.717) is 11.1 Å². The Kier molecular flexibility index (Phi) is 6.88. The Balaban J connectivity index is 0.00000155. The van der Waals surface area contributed by atoms with Crippen molar-refractivity contribution in [3.05, 3.63) is 76.5 Å². The van der Waals surface area contributed by atoms with Gasteiger partial charge in [-0.2, -0.15) is 27.9 Å². The molecule has 1 heterocycles. The van der Waals surface area contributed by atoms with Crippen LogP contribution in [-0.2, 0) is 18.7 Å². The largest absolute Gasteiger partial charge is 0.416 e. The molecular weight excluding hydrogens is 417 g/mol. The molecule has 2 aromatic rings. The molecule has 1 N–H and O–H groups in total. The van der Waals surface area contributed by atoms with E-state index in [9.17, 15) is 23.2 Å². The fraction of sp³-hybridized carbons (Fsp3) is 0.150. The molecule has 1 atom stereocenters. The summed E-state index contributed by atoms with van der Waals surface area (Å²) in [7, 11) is 0. The van der Waals surface area contributed by atoms with Crippen LogP contribution >= 0.6 is 0 Å². The molecule has 0 radical (unpaired) electrons. The van der Waals surface area contributed by atoms with E-state index in [-0.39, 0.29) is 17.0 Å². The Hall–Kier alpha value is -3.76. The van der Waals surface area contributed by atoms with E-state index in [1.807, 2.05) is 12.1 Å². The van der Waals surface area contributed by atoms with Gasteiger partial charge in [0.05, 0.1) is 40.6 Å². The quantitative estimate of drug-likeness (QED) is 0.766. The van der Waals surface area contributed by atoms with Gasteiger partial charge < -0.3 is 5.32 Å². The average Bonchev–Trinajstić information content (AvgIpc) is 2.74. The topological polar surface area (TPSA) is 97.0 Å². The van der Waals surface area contributed by atoms with E-state index >= 15 is 0 Å². The van der Waals surface area contributed by atoms with Crippen LogP contribution in [0.2, 0.25) is 0 Å². The molecule has 0 aromatic heterocycles. The number of anilines is 1. The standard InChI is InChI=1S/C20H13F3N4O.OS/c1-12-17(11-25)18(14-7-5-13(10-24)6-8-14)26-19(28)27(12)16-4-2-3-15(9-16)20(21,22)23;1-2/h2-9,18H,1H3,(H,26,28);/t18-;/m1./s1. The highest BCUT2D eigenvalue weighted by atomic mass is 32.1. The highest BCUT2D eigenvalue weighted by molar-refractivity contribution is 7.44. The minimum Gasteiger partial charge on any atom is -0.326 e. The first kappa shape index (κ1) is 22.5. The lowest BCUT2D eigenvalue weighted by Gasteiger charge is -2.34. The SMILES string of the molecule is CC1=C(C#N)[C@@H](c2ccc(C#N)cc2)NC(=O)N1c1cccc(C(F)(F)F)c1.O=S. The molecular formula is C20H13F3N4O2S. The number of hydrogen-bond acceptors (Lipinski definition) is 5. The van der Waals surface area contributed by atoms with Crippen molar-refractivity contribution in [3.8, 4) is 12.1 Å². The van der Waals surface area contributed by atoms with Crippen LogP contribution in [0.1, 0.15) is 29.7 Å². The summed E-state index contributed by atoms with van der Waals surface area (Å²) in [6, 6.07) is 13.3. The molecule has 2 aromatic carbocycles. The van der Waals surface area contributed by atoms with Gasteiger partial charge in [-0.25, -0.2) is 4.79 Å².